The smallest absolute Gasteiger partial charge is 0.416 e. The van der Waals surface area contributed by atoms with Crippen LogP contribution in [0.2, 0.25) is 10.0 Å². The third kappa shape index (κ3) is 6.01. The Bertz CT molecular complexity index is 915. The van der Waals surface area contributed by atoms with Crippen LogP contribution in [-0.4, -0.2) is 24.6 Å². The Labute approximate surface area is 174 Å². The van der Waals surface area contributed by atoms with Crippen LogP contribution in [0.4, 0.5) is 13.2 Å². The topological polar surface area (TPSA) is 61.8 Å². The van der Waals surface area contributed by atoms with Gasteiger partial charge in [0.05, 0.1) is 27.8 Å². The summed E-state index contributed by atoms with van der Waals surface area (Å²) in [6, 6.07) is 6.54. The Morgan fingerprint density at radius 2 is 1.76 bits per heavy atom. The Morgan fingerprint density at radius 1 is 1.07 bits per heavy atom. The van der Waals surface area contributed by atoms with Gasteiger partial charge in [0, 0.05) is 0 Å². The second-order valence-electron chi connectivity index (χ2n) is 5.69. The zero-order valence-corrected chi connectivity index (χ0v) is 16.7. The molecule has 10 heteroatoms. The van der Waals surface area contributed by atoms with Crippen molar-refractivity contribution in [3.63, 3.8) is 0 Å². The number of halogens is 5. The molecule has 0 saturated heterocycles. The molecule has 5 nitrogen and oxygen atoms in total. The predicted molar refractivity (Wildman–Crippen MR) is 99.5 cm³/mol. The highest BCUT2D eigenvalue weighted by molar-refractivity contribution is 6.33. The van der Waals surface area contributed by atoms with Crippen LogP contribution in [0.5, 0.6) is 11.5 Å². The van der Waals surface area contributed by atoms with Crippen LogP contribution in [-0.2, 0) is 20.4 Å². The van der Waals surface area contributed by atoms with Crippen molar-refractivity contribution in [2.75, 3.05) is 6.61 Å². The van der Waals surface area contributed by atoms with E-state index in [0.717, 1.165) is 18.2 Å². The normalized spacial score (nSPS) is 12.2. The quantitative estimate of drug-likeness (QED) is 0.511. The van der Waals surface area contributed by atoms with Crippen LogP contribution in [0.15, 0.2) is 36.4 Å². The molecule has 2 rings (SSSR count). The van der Waals surface area contributed by atoms with Crippen molar-refractivity contribution in [2.24, 2.45) is 0 Å². The van der Waals surface area contributed by atoms with Gasteiger partial charge in [-0.2, -0.15) is 13.2 Å². The summed E-state index contributed by atoms with van der Waals surface area (Å²) in [6.45, 7) is 3.07. The van der Waals surface area contributed by atoms with E-state index in [1.807, 2.05) is 0 Å². The lowest BCUT2D eigenvalue weighted by Gasteiger charge is -2.14. The van der Waals surface area contributed by atoms with E-state index in [0.29, 0.717) is 0 Å². The molecule has 0 radical (unpaired) electrons. The van der Waals surface area contributed by atoms with Gasteiger partial charge in [0.2, 0.25) is 0 Å². The van der Waals surface area contributed by atoms with E-state index < -0.39 is 29.8 Å². The average Bonchev–Trinajstić information content (AvgIpc) is 2.64. The molecule has 0 aromatic heterocycles. The number of carbonyl (C=O) groups excluding carboxylic acids is 2. The molecule has 0 amide bonds. The van der Waals surface area contributed by atoms with Gasteiger partial charge in [0.25, 0.3) is 0 Å². The fraction of sp³-hybridized carbons (Fsp3) is 0.263. The summed E-state index contributed by atoms with van der Waals surface area (Å²) in [5.74, 6) is -1.60. The van der Waals surface area contributed by atoms with Crippen molar-refractivity contribution >= 4 is 35.1 Å². The van der Waals surface area contributed by atoms with Gasteiger partial charge in [-0.05, 0) is 50.2 Å². The molecule has 0 unspecified atom stereocenters. The molecule has 29 heavy (non-hydrogen) atoms. The first-order valence-electron chi connectivity index (χ1n) is 8.24. The molecule has 0 aliphatic heterocycles. The second kappa shape index (κ2) is 9.37. The molecular formula is C19H15Cl2F3O5. The molecule has 0 heterocycles. The maximum Gasteiger partial charge on any atom is 0.416 e. The van der Waals surface area contributed by atoms with Crippen LogP contribution in [0, 0.1) is 0 Å². The molecule has 2 aromatic carbocycles. The molecule has 0 spiro atoms. The van der Waals surface area contributed by atoms with Crippen LogP contribution in [0.25, 0.3) is 0 Å². The van der Waals surface area contributed by atoms with Gasteiger partial charge in [-0.25, -0.2) is 9.59 Å². The molecule has 0 aliphatic carbocycles. The van der Waals surface area contributed by atoms with Gasteiger partial charge in [-0.15, -0.1) is 0 Å². The summed E-state index contributed by atoms with van der Waals surface area (Å²) in [7, 11) is 0. The number of hydrogen-bond donors (Lipinski definition) is 0. The molecule has 0 bridgehead atoms. The molecule has 0 fully saturated rings. The first-order chi connectivity index (χ1) is 13.5. The molecule has 2 aromatic rings. The summed E-state index contributed by atoms with van der Waals surface area (Å²) in [6.07, 6.45) is -5.71. The summed E-state index contributed by atoms with van der Waals surface area (Å²) in [4.78, 5) is 23.9. The zero-order chi connectivity index (χ0) is 21.8. The van der Waals surface area contributed by atoms with Crippen molar-refractivity contribution in [3.05, 3.63) is 57.6 Å². The first-order valence-corrected chi connectivity index (χ1v) is 9.00. The molecule has 156 valence electrons. The van der Waals surface area contributed by atoms with E-state index in [9.17, 15) is 22.8 Å². The summed E-state index contributed by atoms with van der Waals surface area (Å²) in [5.41, 5.74) is -1.04. The van der Waals surface area contributed by atoms with Crippen LogP contribution >= 0.6 is 23.2 Å². The maximum absolute atomic E-state index is 12.7. The molecule has 1 atom stereocenters. The van der Waals surface area contributed by atoms with E-state index >= 15 is 0 Å². The Morgan fingerprint density at radius 3 is 2.34 bits per heavy atom. The van der Waals surface area contributed by atoms with Crippen LogP contribution in [0.3, 0.4) is 0 Å². The Hall–Kier alpha value is -2.45. The number of carbonyl (C=O) groups is 2. The van der Waals surface area contributed by atoms with Gasteiger partial charge >= 0.3 is 18.1 Å². The van der Waals surface area contributed by atoms with Crippen molar-refractivity contribution in [3.8, 4) is 11.5 Å². The monoisotopic (exact) mass is 450 g/mol. The van der Waals surface area contributed by atoms with Gasteiger partial charge in [0.1, 0.15) is 11.5 Å². The first kappa shape index (κ1) is 22.8. The van der Waals surface area contributed by atoms with Gasteiger partial charge < -0.3 is 14.2 Å². The standard InChI is InChI=1S/C19H15Cl2F3O5/c1-3-27-17(25)10(2)28-18(26)13-9-12(5-6-14(13)20)29-16-7-4-11(8-15(16)21)19(22,23)24/h4-10H,3H2,1-2H3/t10-/m0/s1. The second-order valence-corrected chi connectivity index (χ2v) is 6.50. The van der Waals surface area contributed by atoms with E-state index in [1.165, 1.54) is 25.1 Å². The van der Waals surface area contributed by atoms with Crippen molar-refractivity contribution < 1.29 is 37.0 Å². The van der Waals surface area contributed by atoms with E-state index in [-0.39, 0.29) is 33.7 Å². The van der Waals surface area contributed by atoms with Crippen molar-refractivity contribution in [1.29, 1.82) is 0 Å². The number of rotatable bonds is 6. The minimum absolute atomic E-state index is 0.0249. The molecule has 0 saturated carbocycles. The SMILES string of the molecule is CCOC(=O)[C@H](C)OC(=O)c1cc(Oc2ccc(C(F)(F)F)cc2Cl)ccc1Cl. The van der Waals surface area contributed by atoms with Gasteiger partial charge in [0.15, 0.2) is 6.10 Å². The third-order valence-electron chi connectivity index (χ3n) is 3.55. The fourth-order valence-corrected chi connectivity index (χ4v) is 2.56. The summed E-state index contributed by atoms with van der Waals surface area (Å²) in [5, 5.41) is -0.244. The van der Waals surface area contributed by atoms with Gasteiger partial charge in [-0.1, -0.05) is 23.2 Å². The minimum atomic E-state index is -4.55. The molecular weight excluding hydrogens is 436 g/mol. The number of ether oxygens (including phenoxy) is 3. The third-order valence-corrected chi connectivity index (χ3v) is 4.17. The lowest BCUT2D eigenvalue weighted by Crippen LogP contribution is -2.26. The van der Waals surface area contributed by atoms with Crippen LogP contribution < -0.4 is 4.74 Å². The number of esters is 2. The Balaban J connectivity index is 2.21. The number of benzene rings is 2. The highest BCUT2D eigenvalue weighted by Gasteiger charge is 2.31. The van der Waals surface area contributed by atoms with Crippen molar-refractivity contribution in [1.82, 2.24) is 0 Å². The number of alkyl halides is 3. The highest BCUT2D eigenvalue weighted by atomic mass is 35.5. The maximum atomic E-state index is 12.7. The predicted octanol–water partition coefficient (Wildman–Crippen LogP) is 5.91. The van der Waals surface area contributed by atoms with Gasteiger partial charge in [-0.3, -0.25) is 0 Å². The zero-order valence-electron chi connectivity index (χ0n) is 15.2. The highest BCUT2D eigenvalue weighted by Crippen LogP contribution is 2.37. The van der Waals surface area contributed by atoms with E-state index in [1.54, 1.807) is 6.92 Å². The largest absolute Gasteiger partial charge is 0.463 e. The average molecular weight is 451 g/mol. The van der Waals surface area contributed by atoms with E-state index in [2.05, 4.69) is 0 Å². The molecule has 0 aliphatic rings. The fourth-order valence-electron chi connectivity index (χ4n) is 2.14. The summed E-state index contributed by atoms with van der Waals surface area (Å²) < 4.78 is 53.4. The summed E-state index contributed by atoms with van der Waals surface area (Å²) >= 11 is 11.9. The lowest BCUT2D eigenvalue weighted by atomic mass is 10.2. The number of hydrogen-bond acceptors (Lipinski definition) is 5. The molecule has 0 N–H and O–H groups in total. The van der Waals surface area contributed by atoms with E-state index in [4.69, 9.17) is 37.4 Å². The minimum Gasteiger partial charge on any atom is -0.463 e. The van der Waals surface area contributed by atoms with Crippen LogP contribution in [0.1, 0.15) is 29.8 Å². The Kier molecular flexibility index (Phi) is 7.37. The van der Waals surface area contributed by atoms with Crippen molar-refractivity contribution in [2.45, 2.75) is 26.1 Å². The lowest BCUT2D eigenvalue weighted by molar-refractivity contribution is -0.152.